The number of benzene rings is 3. The highest BCUT2D eigenvalue weighted by Crippen LogP contribution is 2.32. The van der Waals surface area contributed by atoms with Crippen molar-refractivity contribution >= 4 is 11.2 Å². The van der Waals surface area contributed by atoms with Crippen LogP contribution >= 0.6 is 0 Å². The predicted octanol–water partition coefficient (Wildman–Crippen LogP) is 6.84. The summed E-state index contributed by atoms with van der Waals surface area (Å²) >= 11 is 0. The van der Waals surface area contributed by atoms with Crippen LogP contribution in [0.5, 0.6) is 5.75 Å². The van der Waals surface area contributed by atoms with Crippen molar-refractivity contribution in [1.82, 2.24) is 14.5 Å². The molecule has 0 aliphatic rings. The topological polar surface area (TPSA) is 39.9 Å². The summed E-state index contributed by atoms with van der Waals surface area (Å²) in [6, 6.07) is 24.6. The molecule has 3 aromatic carbocycles. The van der Waals surface area contributed by atoms with E-state index in [1.165, 1.54) is 12.1 Å². The predicted molar refractivity (Wildman–Crippen MR) is 125 cm³/mol. The lowest BCUT2D eigenvalue weighted by Crippen LogP contribution is -2.06. The maximum Gasteiger partial charge on any atom is 0.416 e. The molecule has 0 fully saturated rings. The molecule has 0 spiro atoms. The van der Waals surface area contributed by atoms with E-state index in [-0.39, 0.29) is 0 Å². The van der Waals surface area contributed by atoms with E-state index in [1.807, 2.05) is 65.2 Å². The lowest BCUT2D eigenvalue weighted by atomic mass is 10.1. The van der Waals surface area contributed by atoms with E-state index in [0.717, 1.165) is 39.9 Å². The van der Waals surface area contributed by atoms with Gasteiger partial charge in [0.15, 0.2) is 5.65 Å². The van der Waals surface area contributed by atoms with Gasteiger partial charge in [-0.2, -0.15) is 13.2 Å². The Hall–Kier alpha value is -4.13. The number of hydrogen-bond acceptors (Lipinski definition) is 3. The van der Waals surface area contributed by atoms with Gasteiger partial charge in [0, 0.05) is 23.9 Å². The normalized spacial score (nSPS) is 11.6. The van der Waals surface area contributed by atoms with E-state index < -0.39 is 11.7 Å². The summed E-state index contributed by atoms with van der Waals surface area (Å²) < 4.78 is 46.4. The number of alkyl halides is 3. The first kappa shape index (κ1) is 21.7. The molecule has 170 valence electrons. The first-order valence-electron chi connectivity index (χ1n) is 10.6. The minimum atomic E-state index is -4.37. The molecule has 0 radical (unpaired) electrons. The Balaban J connectivity index is 1.65. The molecule has 0 aliphatic heterocycles. The second kappa shape index (κ2) is 8.67. The van der Waals surface area contributed by atoms with Crippen molar-refractivity contribution < 1.29 is 17.9 Å². The molecule has 7 heteroatoms. The van der Waals surface area contributed by atoms with E-state index in [4.69, 9.17) is 9.72 Å². The number of fused-ring (bicyclic) bond motifs is 1. The Kier molecular flexibility index (Phi) is 5.53. The number of pyridine rings is 1. The largest absolute Gasteiger partial charge is 0.497 e. The fraction of sp³-hybridized carbons (Fsp3) is 0.111. The molecule has 4 nitrogen and oxygen atoms in total. The summed E-state index contributed by atoms with van der Waals surface area (Å²) in [6.07, 6.45) is -2.59. The molecule has 34 heavy (non-hydrogen) atoms. The minimum absolute atomic E-state index is 0.334. The average Bonchev–Trinajstić information content (AvgIpc) is 3.22. The van der Waals surface area contributed by atoms with Crippen molar-refractivity contribution in [2.24, 2.45) is 0 Å². The van der Waals surface area contributed by atoms with Crippen LogP contribution < -0.4 is 4.74 Å². The number of rotatable bonds is 5. The lowest BCUT2D eigenvalue weighted by Gasteiger charge is -2.12. The SMILES string of the molecule is COc1cccc(-c2nc3ncc(-c4ccccc4)cc3n2Cc2ccc(C(F)(F)F)cc2)c1. The summed E-state index contributed by atoms with van der Waals surface area (Å²) in [5, 5.41) is 0. The molecule has 0 atom stereocenters. The van der Waals surface area contributed by atoms with Crippen molar-refractivity contribution in [3.8, 4) is 28.3 Å². The fourth-order valence-electron chi connectivity index (χ4n) is 3.92. The third-order valence-electron chi connectivity index (χ3n) is 5.66. The van der Waals surface area contributed by atoms with Gasteiger partial charge in [-0.1, -0.05) is 54.6 Å². The molecular formula is C27H20F3N3O. The maximum absolute atomic E-state index is 13.0. The van der Waals surface area contributed by atoms with Gasteiger partial charge in [-0.25, -0.2) is 9.97 Å². The van der Waals surface area contributed by atoms with Crippen LogP contribution in [0.3, 0.4) is 0 Å². The molecule has 0 bridgehead atoms. The first-order valence-corrected chi connectivity index (χ1v) is 10.6. The van der Waals surface area contributed by atoms with Crippen LogP contribution in [0.1, 0.15) is 11.1 Å². The van der Waals surface area contributed by atoms with Gasteiger partial charge in [0.25, 0.3) is 0 Å². The molecule has 0 amide bonds. The van der Waals surface area contributed by atoms with Crippen molar-refractivity contribution in [3.05, 3.63) is 102 Å². The van der Waals surface area contributed by atoms with Gasteiger partial charge in [0.05, 0.1) is 18.2 Å². The van der Waals surface area contributed by atoms with E-state index in [9.17, 15) is 13.2 Å². The van der Waals surface area contributed by atoms with E-state index in [1.54, 1.807) is 13.3 Å². The number of hydrogen-bond donors (Lipinski definition) is 0. The molecule has 5 rings (SSSR count). The van der Waals surface area contributed by atoms with Gasteiger partial charge in [-0.05, 0) is 41.5 Å². The molecule has 2 aromatic heterocycles. The van der Waals surface area contributed by atoms with Gasteiger partial charge in [0.2, 0.25) is 0 Å². The maximum atomic E-state index is 13.0. The Bertz CT molecular complexity index is 1440. The highest BCUT2D eigenvalue weighted by Gasteiger charge is 2.30. The van der Waals surface area contributed by atoms with Gasteiger partial charge in [-0.15, -0.1) is 0 Å². The minimum Gasteiger partial charge on any atom is -0.497 e. The third-order valence-corrected chi connectivity index (χ3v) is 5.66. The van der Waals surface area contributed by atoms with E-state index >= 15 is 0 Å². The molecule has 0 unspecified atom stereocenters. The van der Waals surface area contributed by atoms with Crippen LogP contribution in [-0.4, -0.2) is 21.6 Å². The smallest absolute Gasteiger partial charge is 0.416 e. The fourth-order valence-corrected chi connectivity index (χ4v) is 3.92. The van der Waals surface area contributed by atoms with Crippen molar-refractivity contribution in [3.63, 3.8) is 0 Å². The number of nitrogens with zero attached hydrogens (tertiary/aromatic N) is 3. The first-order chi connectivity index (χ1) is 16.4. The average molecular weight is 459 g/mol. The van der Waals surface area contributed by atoms with Crippen molar-refractivity contribution in [2.45, 2.75) is 12.7 Å². The van der Waals surface area contributed by atoms with E-state index in [0.29, 0.717) is 23.8 Å². The second-order valence-corrected chi connectivity index (χ2v) is 7.88. The zero-order valence-electron chi connectivity index (χ0n) is 18.3. The molecule has 2 heterocycles. The molecule has 0 saturated heterocycles. The number of methoxy groups -OCH3 is 1. The second-order valence-electron chi connectivity index (χ2n) is 7.88. The number of imidazole rings is 1. The summed E-state index contributed by atoms with van der Waals surface area (Å²) in [7, 11) is 1.60. The number of aromatic nitrogens is 3. The highest BCUT2D eigenvalue weighted by molar-refractivity contribution is 5.82. The summed E-state index contributed by atoms with van der Waals surface area (Å²) in [5.41, 5.74) is 4.17. The third kappa shape index (κ3) is 4.24. The molecule has 0 aliphatic carbocycles. The van der Waals surface area contributed by atoms with Gasteiger partial charge >= 0.3 is 6.18 Å². The highest BCUT2D eigenvalue weighted by atomic mass is 19.4. The quantitative estimate of drug-likeness (QED) is 0.289. The van der Waals surface area contributed by atoms with Crippen molar-refractivity contribution in [1.29, 1.82) is 0 Å². The molecule has 0 saturated carbocycles. The van der Waals surface area contributed by atoms with Crippen LogP contribution in [-0.2, 0) is 12.7 Å². The Morgan fingerprint density at radius 3 is 2.26 bits per heavy atom. The van der Waals surface area contributed by atoms with E-state index in [2.05, 4.69) is 4.98 Å². The van der Waals surface area contributed by atoms with Gasteiger partial charge in [-0.3, -0.25) is 0 Å². The van der Waals surface area contributed by atoms with Crippen LogP contribution in [0.4, 0.5) is 13.2 Å². The molecule has 5 aromatic rings. The summed E-state index contributed by atoms with van der Waals surface area (Å²) in [4.78, 5) is 9.35. The van der Waals surface area contributed by atoms with Crippen LogP contribution in [0.15, 0.2) is 91.1 Å². The Morgan fingerprint density at radius 2 is 1.56 bits per heavy atom. The Morgan fingerprint density at radius 1 is 0.824 bits per heavy atom. The lowest BCUT2D eigenvalue weighted by molar-refractivity contribution is -0.137. The van der Waals surface area contributed by atoms with Crippen LogP contribution in [0, 0.1) is 0 Å². The van der Waals surface area contributed by atoms with Crippen LogP contribution in [0.25, 0.3) is 33.7 Å². The zero-order valence-corrected chi connectivity index (χ0v) is 18.3. The van der Waals surface area contributed by atoms with Crippen LogP contribution in [0.2, 0.25) is 0 Å². The summed E-state index contributed by atoms with van der Waals surface area (Å²) in [5.74, 6) is 1.34. The monoisotopic (exact) mass is 459 g/mol. The standard InChI is InChI=1S/C27H20F3N3O/c1-34-23-9-5-8-20(14-23)26-32-25-24(15-21(16-31-25)19-6-3-2-4-7-19)33(26)17-18-10-12-22(13-11-18)27(28,29)30/h2-16H,17H2,1H3. The molecule has 0 N–H and O–H groups in total. The Labute approximate surface area is 194 Å². The number of ether oxygens (including phenoxy) is 1. The molecular weight excluding hydrogens is 439 g/mol. The summed E-state index contributed by atoms with van der Waals surface area (Å²) in [6.45, 7) is 0.334. The van der Waals surface area contributed by atoms with Gasteiger partial charge < -0.3 is 9.30 Å². The number of halogens is 3. The van der Waals surface area contributed by atoms with Crippen molar-refractivity contribution in [2.75, 3.05) is 7.11 Å². The van der Waals surface area contributed by atoms with Gasteiger partial charge in [0.1, 0.15) is 11.6 Å². The zero-order chi connectivity index (χ0) is 23.7.